The molecule has 2 aromatic rings. The summed E-state index contributed by atoms with van der Waals surface area (Å²) in [6.07, 6.45) is 4.07. The molecule has 0 amide bonds. The van der Waals surface area contributed by atoms with E-state index in [-0.39, 0.29) is 6.10 Å². The van der Waals surface area contributed by atoms with E-state index in [4.69, 9.17) is 16.3 Å². The molecule has 1 aliphatic rings. The second kappa shape index (κ2) is 5.85. The van der Waals surface area contributed by atoms with Crippen LogP contribution in [-0.4, -0.2) is 27.6 Å². The summed E-state index contributed by atoms with van der Waals surface area (Å²) in [5.41, 5.74) is 2.37. The maximum absolute atomic E-state index is 9.75. The smallest absolute Gasteiger partial charge is 0.137 e. The Morgan fingerprint density at radius 1 is 1.40 bits per heavy atom. The molecule has 0 spiro atoms. The van der Waals surface area contributed by atoms with Crippen LogP contribution in [0, 0.1) is 0 Å². The molecule has 0 bridgehead atoms. The normalized spacial score (nSPS) is 17.8. The Balaban J connectivity index is 1.62. The first-order valence-electron chi connectivity index (χ1n) is 6.83. The van der Waals surface area contributed by atoms with E-state index in [1.165, 1.54) is 5.56 Å². The molecule has 1 aliphatic carbocycles. The Morgan fingerprint density at radius 3 is 3.10 bits per heavy atom. The number of benzene rings is 1. The first kappa shape index (κ1) is 13.5. The number of aliphatic hydroxyl groups excluding tert-OH is 1. The van der Waals surface area contributed by atoms with Crippen LogP contribution in [0.1, 0.15) is 17.7 Å². The lowest BCUT2D eigenvalue weighted by Gasteiger charge is -2.19. The number of ether oxygens (including phenoxy) is 1. The van der Waals surface area contributed by atoms with E-state index in [2.05, 4.69) is 5.10 Å². The lowest BCUT2D eigenvalue weighted by Crippen LogP contribution is -2.22. The summed E-state index contributed by atoms with van der Waals surface area (Å²) in [6.45, 7) is 1.17. The van der Waals surface area contributed by atoms with Gasteiger partial charge < -0.3 is 9.84 Å². The summed E-state index contributed by atoms with van der Waals surface area (Å²) in [5.74, 6) is 0.690. The van der Waals surface area contributed by atoms with Gasteiger partial charge in [0.15, 0.2) is 0 Å². The number of halogens is 1. The first-order valence-corrected chi connectivity index (χ1v) is 7.21. The molecule has 1 N–H and O–H groups in total. The van der Waals surface area contributed by atoms with Gasteiger partial charge in [0.05, 0.1) is 23.9 Å². The summed E-state index contributed by atoms with van der Waals surface area (Å²) in [7, 11) is 0. The molecular formula is C15H17ClN2O2. The number of aliphatic hydroxyl groups is 1. The number of hydrogen-bond donors (Lipinski definition) is 1. The predicted molar refractivity (Wildman–Crippen MR) is 77.2 cm³/mol. The fourth-order valence-electron chi connectivity index (χ4n) is 2.54. The Bertz CT molecular complexity index is 597. The number of aryl methyl sites for hydroxylation is 1. The van der Waals surface area contributed by atoms with Crippen LogP contribution in [-0.2, 0) is 19.4 Å². The van der Waals surface area contributed by atoms with Crippen LogP contribution in [0.25, 0.3) is 0 Å². The van der Waals surface area contributed by atoms with Crippen molar-refractivity contribution >= 4 is 11.6 Å². The number of aromatic nitrogens is 2. The second-order valence-electron chi connectivity index (χ2n) is 5.02. The van der Waals surface area contributed by atoms with Crippen molar-refractivity contribution < 1.29 is 9.84 Å². The molecule has 0 saturated carbocycles. The Labute approximate surface area is 122 Å². The fourth-order valence-corrected chi connectivity index (χ4v) is 2.73. The molecule has 1 aromatic carbocycles. The van der Waals surface area contributed by atoms with E-state index in [1.54, 1.807) is 0 Å². The molecule has 106 valence electrons. The average molecular weight is 293 g/mol. The van der Waals surface area contributed by atoms with Crippen molar-refractivity contribution in [1.29, 1.82) is 0 Å². The van der Waals surface area contributed by atoms with E-state index >= 15 is 0 Å². The lowest BCUT2D eigenvalue weighted by molar-refractivity contribution is 0.154. The number of para-hydroxylation sites is 1. The van der Waals surface area contributed by atoms with Crippen molar-refractivity contribution in [2.24, 2.45) is 0 Å². The van der Waals surface area contributed by atoms with Gasteiger partial charge in [0.25, 0.3) is 0 Å². The Hall–Kier alpha value is -1.52. The topological polar surface area (TPSA) is 47.3 Å². The first-order chi connectivity index (χ1) is 9.74. The minimum atomic E-state index is -0.248. The average Bonchev–Trinajstić information content (AvgIpc) is 2.83. The minimum absolute atomic E-state index is 0.248. The van der Waals surface area contributed by atoms with E-state index in [9.17, 15) is 5.11 Å². The molecule has 1 aromatic heterocycles. The van der Waals surface area contributed by atoms with Crippen LogP contribution in [0.4, 0.5) is 0 Å². The van der Waals surface area contributed by atoms with Gasteiger partial charge in [-0.2, -0.15) is 5.10 Å². The van der Waals surface area contributed by atoms with Gasteiger partial charge in [0, 0.05) is 12.1 Å². The fraction of sp³-hybridized carbons (Fsp3) is 0.400. The quantitative estimate of drug-likeness (QED) is 0.942. The van der Waals surface area contributed by atoms with Gasteiger partial charge in [0.1, 0.15) is 12.4 Å². The predicted octanol–water partition coefficient (Wildman–Crippen LogP) is 2.47. The standard InChI is InChI=1S/C15H17ClN2O2/c16-13-3-1-2-4-15(13)20-8-7-18-14-9-12(19)6-5-11(14)10-17-18/h1-4,10,12,19H,5-9H2. The van der Waals surface area contributed by atoms with Gasteiger partial charge in [0.2, 0.25) is 0 Å². The maximum atomic E-state index is 9.75. The highest BCUT2D eigenvalue weighted by Gasteiger charge is 2.20. The van der Waals surface area contributed by atoms with Gasteiger partial charge in [-0.1, -0.05) is 23.7 Å². The van der Waals surface area contributed by atoms with Crippen LogP contribution >= 0.6 is 11.6 Å². The van der Waals surface area contributed by atoms with Crippen molar-refractivity contribution in [3.63, 3.8) is 0 Å². The molecule has 3 rings (SSSR count). The molecule has 0 aliphatic heterocycles. The zero-order valence-electron chi connectivity index (χ0n) is 11.1. The molecule has 20 heavy (non-hydrogen) atoms. The highest BCUT2D eigenvalue weighted by atomic mass is 35.5. The van der Waals surface area contributed by atoms with E-state index in [0.29, 0.717) is 30.3 Å². The van der Waals surface area contributed by atoms with Gasteiger partial charge in [-0.3, -0.25) is 4.68 Å². The number of hydrogen-bond acceptors (Lipinski definition) is 3. The van der Waals surface area contributed by atoms with Crippen molar-refractivity contribution in [1.82, 2.24) is 9.78 Å². The van der Waals surface area contributed by atoms with Gasteiger partial charge in [-0.25, -0.2) is 0 Å². The number of nitrogens with zero attached hydrogens (tertiary/aromatic N) is 2. The highest BCUT2D eigenvalue weighted by molar-refractivity contribution is 6.32. The second-order valence-corrected chi connectivity index (χ2v) is 5.42. The third-order valence-electron chi connectivity index (χ3n) is 3.61. The minimum Gasteiger partial charge on any atom is -0.490 e. The van der Waals surface area contributed by atoms with Crippen LogP contribution in [0.3, 0.4) is 0 Å². The Morgan fingerprint density at radius 2 is 2.25 bits per heavy atom. The van der Waals surface area contributed by atoms with E-state index in [0.717, 1.165) is 18.5 Å². The van der Waals surface area contributed by atoms with E-state index < -0.39 is 0 Å². The maximum Gasteiger partial charge on any atom is 0.137 e. The third kappa shape index (κ3) is 2.81. The monoisotopic (exact) mass is 292 g/mol. The molecule has 1 unspecified atom stereocenters. The summed E-state index contributed by atoms with van der Waals surface area (Å²) in [5, 5.41) is 14.7. The number of fused-ring (bicyclic) bond motifs is 1. The van der Waals surface area contributed by atoms with Crippen molar-refractivity contribution in [2.75, 3.05) is 6.61 Å². The number of rotatable bonds is 4. The van der Waals surface area contributed by atoms with Crippen LogP contribution in [0.2, 0.25) is 5.02 Å². The lowest BCUT2D eigenvalue weighted by atomic mass is 9.96. The zero-order valence-corrected chi connectivity index (χ0v) is 11.9. The summed E-state index contributed by atoms with van der Waals surface area (Å²) < 4.78 is 7.60. The molecule has 1 heterocycles. The molecule has 0 saturated heterocycles. The van der Waals surface area contributed by atoms with Crippen molar-refractivity contribution in [3.05, 3.63) is 46.7 Å². The van der Waals surface area contributed by atoms with Crippen LogP contribution in [0.5, 0.6) is 5.75 Å². The van der Waals surface area contributed by atoms with Gasteiger partial charge >= 0.3 is 0 Å². The van der Waals surface area contributed by atoms with Gasteiger partial charge in [-0.15, -0.1) is 0 Å². The summed E-state index contributed by atoms with van der Waals surface area (Å²) >= 11 is 6.04. The molecule has 0 radical (unpaired) electrons. The summed E-state index contributed by atoms with van der Waals surface area (Å²) in [6, 6.07) is 7.43. The molecule has 1 atom stereocenters. The van der Waals surface area contributed by atoms with Crippen LogP contribution in [0.15, 0.2) is 30.5 Å². The van der Waals surface area contributed by atoms with E-state index in [1.807, 2.05) is 35.1 Å². The highest BCUT2D eigenvalue weighted by Crippen LogP contribution is 2.24. The largest absolute Gasteiger partial charge is 0.490 e. The van der Waals surface area contributed by atoms with Crippen molar-refractivity contribution in [2.45, 2.75) is 31.9 Å². The van der Waals surface area contributed by atoms with Crippen LogP contribution < -0.4 is 4.74 Å². The molecule has 5 heteroatoms. The third-order valence-corrected chi connectivity index (χ3v) is 3.92. The molecule has 4 nitrogen and oxygen atoms in total. The molecular weight excluding hydrogens is 276 g/mol. The summed E-state index contributed by atoms with van der Waals surface area (Å²) in [4.78, 5) is 0. The Kier molecular flexibility index (Phi) is 3.94. The SMILES string of the molecule is OC1CCc2cnn(CCOc3ccccc3Cl)c2C1. The molecule has 0 fully saturated rings. The zero-order chi connectivity index (χ0) is 13.9. The van der Waals surface area contributed by atoms with Crippen molar-refractivity contribution in [3.8, 4) is 5.75 Å². The van der Waals surface area contributed by atoms with Gasteiger partial charge in [-0.05, 0) is 30.5 Å².